The van der Waals surface area contributed by atoms with Crippen LogP contribution >= 0.6 is 0 Å². The van der Waals surface area contributed by atoms with E-state index in [0.29, 0.717) is 24.7 Å². The Morgan fingerprint density at radius 2 is 1.85 bits per heavy atom. The fourth-order valence-corrected chi connectivity index (χ4v) is 2.56. The second-order valence-corrected chi connectivity index (χ2v) is 6.06. The van der Waals surface area contributed by atoms with Crippen LogP contribution in [-0.4, -0.2) is 22.7 Å². The Bertz CT molecular complexity index is 893. The Kier molecular flexibility index (Phi) is 5.99. The lowest BCUT2D eigenvalue weighted by molar-refractivity contribution is 0.102. The van der Waals surface area contributed by atoms with Gasteiger partial charge in [-0.3, -0.25) is 4.79 Å². The van der Waals surface area contributed by atoms with Crippen LogP contribution in [0.1, 0.15) is 28.5 Å². The number of aromatic nitrogens is 2. The summed E-state index contributed by atoms with van der Waals surface area (Å²) in [4.78, 5) is 12.3. The third kappa shape index (κ3) is 5.28. The molecule has 0 saturated heterocycles. The van der Waals surface area contributed by atoms with E-state index in [-0.39, 0.29) is 11.6 Å². The number of carbonyl (C=O) groups excluding carboxylic acids is 1. The van der Waals surface area contributed by atoms with Crippen molar-refractivity contribution in [2.24, 2.45) is 0 Å². The van der Waals surface area contributed by atoms with E-state index < -0.39 is 0 Å². The second kappa shape index (κ2) is 8.80. The summed E-state index contributed by atoms with van der Waals surface area (Å²) in [6.45, 7) is 5.23. The van der Waals surface area contributed by atoms with E-state index in [1.807, 2.05) is 31.2 Å². The van der Waals surface area contributed by atoms with Gasteiger partial charge in [0.25, 0.3) is 5.91 Å². The molecule has 3 rings (SSSR count). The van der Waals surface area contributed by atoms with Gasteiger partial charge in [-0.15, -0.1) is 10.2 Å². The van der Waals surface area contributed by atoms with Gasteiger partial charge in [0.15, 0.2) is 5.69 Å². The van der Waals surface area contributed by atoms with Crippen molar-refractivity contribution < 1.29 is 9.53 Å². The largest absolute Gasteiger partial charge is 0.494 e. The van der Waals surface area contributed by atoms with E-state index in [0.717, 1.165) is 11.3 Å². The average Bonchev–Trinajstić information content (AvgIpc) is 2.68. The predicted molar refractivity (Wildman–Crippen MR) is 106 cm³/mol. The number of nitrogens with one attached hydrogen (secondary N) is 2. The van der Waals surface area contributed by atoms with Crippen LogP contribution in [0.4, 0.5) is 11.5 Å². The fraction of sp³-hybridized carbons (Fsp3) is 0.190. The highest BCUT2D eigenvalue weighted by molar-refractivity contribution is 6.02. The normalized spacial score (nSPS) is 10.3. The minimum absolute atomic E-state index is 0.255. The van der Waals surface area contributed by atoms with E-state index >= 15 is 0 Å². The van der Waals surface area contributed by atoms with Gasteiger partial charge in [-0.1, -0.05) is 29.8 Å². The Hall–Kier alpha value is -3.41. The van der Waals surface area contributed by atoms with E-state index in [2.05, 4.69) is 39.9 Å². The number of nitrogens with zero attached hydrogens (tertiary/aromatic N) is 2. The van der Waals surface area contributed by atoms with Crippen LogP contribution in [0.25, 0.3) is 0 Å². The van der Waals surface area contributed by atoms with E-state index in [1.165, 1.54) is 5.56 Å². The zero-order valence-electron chi connectivity index (χ0n) is 15.4. The maximum Gasteiger partial charge on any atom is 0.276 e. The van der Waals surface area contributed by atoms with Crippen molar-refractivity contribution >= 4 is 17.4 Å². The van der Waals surface area contributed by atoms with Crippen LogP contribution in [0.2, 0.25) is 0 Å². The summed E-state index contributed by atoms with van der Waals surface area (Å²) in [5.41, 5.74) is 3.30. The maximum atomic E-state index is 12.3. The third-order valence-electron chi connectivity index (χ3n) is 3.88. The molecule has 1 amide bonds. The fourth-order valence-electron chi connectivity index (χ4n) is 2.56. The first-order valence-corrected chi connectivity index (χ1v) is 8.81. The highest BCUT2D eigenvalue weighted by Crippen LogP contribution is 2.16. The molecule has 0 unspecified atom stereocenters. The van der Waals surface area contributed by atoms with Crippen LogP contribution in [0.5, 0.6) is 5.75 Å². The molecular formula is C21H22N4O2. The molecule has 0 aliphatic rings. The van der Waals surface area contributed by atoms with Crippen LogP contribution in [0, 0.1) is 6.92 Å². The highest BCUT2D eigenvalue weighted by atomic mass is 16.5. The lowest BCUT2D eigenvalue weighted by atomic mass is 10.1. The summed E-state index contributed by atoms with van der Waals surface area (Å²) >= 11 is 0. The molecule has 1 heterocycles. The molecule has 2 aromatic carbocycles. The summed E-state index contributed by atoms with van der Waals surface area (Å²) in [5.74, 6) is 1.07. The zero-order chi connectivity index (χ0) is 19.1. The summed E-state index contributed by atoms with van der Waals surface area (Å²) in [5, 5.41) is 14.1. The number of hydrogen-bond donors (Lipinski definition) is 2. The monoisotopic (exact) mass is 362 g/mol. The Morgan fingerprint density at radius 3 is 2.52 bits per heavy atom. The first-order chi connectivity index (χ1) is 13.1. The van der Waals surface area contributed by atoms with Crippen molar-refractivity contribution in [3.8, 4) is 5.75 Å². The van der Waals surface area contributed by atoms with E-state index in [1.54, 1.807) is 24.3 Å². The van der Waals surface area contributed by atoms with Crippen LogP contribution in [0.15, 0.2) is 60.7 Å². The standard InChI is InChI=1S/C21H22N4O2/c1-3-27-18-9-7-17(8-10-18)23-21(26)19-11-12-20(25-24-19)22-14-16-6-4-5-15(2)13-16/h4-13H,3,14H2,1-2H3,(H,22,25)(H,23,26). The van der Waals surface area contributed by atoms with Crippen molar-refractivity contribution in [1.29, 1.82) is 0 Å². The van der Waals surface area contributed by atoms with Crippen molar-refractivity contribution in [3.05, 3.63) is 77.5 Å². The number of anilines is 2. The molecule has 27 heavy (non-hydrogen) atoms. The zero-order valence-corrected chi connectivity index (χ0v) is 15.4. The predicted octanol–water partition coefficient (Wildman–Crippen LogP) is 4.05. The smallest absolute Gasteiger partial charge is 0.276 e. The van der Waals surface area contributed by atoms with Crippen molar-refractivity contribution in [3.63, 3.8) is 0 Å². The Morgan fingerprint density at radius 1 is 1.04 bits per heavy atom. The molecule has 2 N–H and O–H groups in total. The first-order valence-electron chi connectivity index (χ1n) is 8.81. The molecule has 0 saturated carbocycles. The summed E-state index contributed by atoms with van der Waals surface area (Å²) in [6.07, 6.45) is 0. The van der Waals surface area contributed by atoms with Gasteiger partial charge >= 0.3 is 0 Å². The number of ether oxygens (including phenoxy) is 1. The van der Waals surface area contributed by atoms with E-state index in [9.17, 15) is 4.79 Å². The molecule has 0 atom stereocenters. The Balaban J connectivity index is 1.56. The SMILES string of the molecule is CCOc1ccc(NC(=O)c2ccc(NCc3cccc(C)c3)nn2)cc1. The van der Waals surface area contributed by atoms with Gasteiger partial charge in [-0.25, -0.2) is 0 Å². The Labute approximate surface area is 158 Å². The lowest BCUT2D eigenvalue weighted by Gasteiger charge is -2.08. The molecule has 0 spiro atoms. The van der Waals surface area contributed by atoms with Crippen LogP contribution < -0.4 is 15.4 Å². The number of amides is 1. The van der Waals surface area contributed by atoms with Gasteiger partial charge < -0.3 is 15.4 Å². The number of carbonyl (C=O) groups is 1. The molecule has 0 aliphatic carbocycles. The molecule has 6 heteroatoms. The number of rotatable bonds is 7. The van der Waals surface area contributed by atoms with Gasteiger partial charge in [0.2, 0.25) is 0 Å². The first kappa shape index (κ1) is 18.4. The van der Waals surface area contributed by atoms with Gasteiger partial charge in [-0.05, 0) is 55.8 Å². The van der Waals surface area contributed by atoms with Gasteiger partial charge in [0.1, 0.15) is 11.6 Å². The molecule has 6 nitrogen and oxygen atoms in total. The number of benzene rings is 2. The minimum atomic E-state index is -0.308. The summed E-state index contributed by atoms with van der Waals surface area (Å²) < 4.78 is 5.38. The van der Waals surface area contributed by atoms with Gasteiger partial charge in [-0.2, -0.15) is 0 Å². The molecule has 0 fully saturated rings. The number of hydrogen-bond acceptors (Lipinski definition) is 5. The molecule has 0 bridgehead atoms. The van der Waals surface area contributed by atoms with Crippen LogP contribution in [-0.2, 0) is 6.54 Å². The number of aryl methyl sites for hydroxylation is 1. The minimum Gasteiger partial charge on any atom is -0.494 e. The highest BCUT2D eigenvalue weighted by Gasteiger charge is 2.09. The molecule has 3 aromatic rings. The maximum absolute atomic E-state index is 12.3. The van der Waals surface area contributed by atoms with Crippen molar-refractivity contribution in [2.75, 3.05) is 17.2 Å². The quantitative estimate of drug-likeness (QED) is 0.663. The molecule has 138 valence electrons. The second-order valence-electron chi connectivity index (χ2n) is 6.06. The summed E-state index contributed by atoms with van der Waals surface area (Å²) in [6, 6.07) is 18.8. The van der Waals surface area contributed by atoms with Gasteiger partial charge in [0.05, 0.1) is 6.61 Å². The van der Waals surface area contributed by atoms with Crippen LogP contribution in [0.3, 0.4) is 0 Å². The van der Waals surface area contributed by atoms with Gasteiger partial charge in [0, 0.05) is 12.2 Å². The molecule has 1 aromatic heterocycles. The molecule has 0 radical (unpaired) electrons. The molecule has 0 aliphatic heterocycles. The van der Waals surface area contributed by atoms with Crippen molar-refractivity contribution in [1.82, 2.24) is 10.2 Å². The lowest BCUT2D eigenvalue weighted by Crippen LogP contribution is -2.15. The van der Waals surface area contributed by atoms with E-state index in [4.69, 9.17) is 4.74 Å². The third-order valence-corrected chi connectivity index (χ3v) is 3.88. The van der Waals surface area contributed by atoms with Crippen molar-refractivity contribution in [2.45, 2.75) is 20.4 Å². The molecular weight excluding hydrogens is 340 g/mol. The topological polar surface area (TPSA) is 76.1 Å². The summed E-state index contributed by atoms with van der Waals surface area (Å²) in [7, 11) is 0. The average molecular weight is 362 g/mol.